The molecule has 1 aromatic heterocycles. The van der Waals surface area contributed by atoms with Gasteiger partial charge in [0.15, 0.2) is 0 Å². The van der Waals surface area contributed by atoms with Crippen molar-refractivity contribution in [1.29, 1.82) is 0 Å². The standard InChI is InChI=1S/C9H6IN3O3/c10-6-3-1-5(2-4-6)7-11-9(16-13-7)8(14)12-15/h1-4,15H,(H,12,14). The van der Waals surface area contributed by atoms with E-state index in [2.05, 4.69) is 37.3 Å². The van der Waals surface area contributed by atoms with Crippen molar-refractivity contribution in [2.75, 3.05) is 0 Å². The Morgan fingerprint density at radius 2 is 2.06 bits per heavy atom. The SMILES string of the molecule is O=C(NO)c1nc(-c2ccc(I)cc2)no1. The van der Waals surface area contributed by atoms with Crippen LogP contribution in [0, 0.1) is 3.57 Å². The van der Waals surface area contributed by atoms with E-state index in [0.29, 0.717) is 5.82 Å². The van der Waals surface area contributed by atoms with Gasteiger partial charge in [-0.1, -0.05) is 17.3 Å². The Labute approximate surface area is 104 Å². The van der Waals surface area contributed by atoms with Crippen LogP contribution in [0.15, 0.2) is 28.8 Å². The molecule has 0 saturated heterocycles. The zero-order chi connectivity index (χ0) is 11.5. The molecule has 0 aliphatic carbocycles. The average molecular weight is 331 g/mol. The number of hydroxylamine groups is 1. The second-order valence-corrected chi connectivity index (χ2v) is 4.12. The van der Waals surface area contributed by atoms with Gasteiger partial charge >= 0.3 is 11.8 Å². The van der Waals surface area contributed by atoms with Crippen LogP contribution in [0.25, 0.3) is 11.4 Å². The normalized spacial score (nSPS) is 10.1. The number of rotatable bonds is 2. The highest BCUT2D eigenvalue weighted by Crippen LogP contribution is 2.17. The molecular formula is C9H6IN3O3. The summed E-state index contributed by atoms with van der Waals surface area (Å²) in [5, 5.41) is 12.0. The van der Waals surface area contributed by atoms with Gasteiger partial charge in [-0.05, 0) is 34.7 Å². The van der Waals surface area contributed by atoms with E-state index in [9.17, 15) is 4.79 Å². The fraction of sp³-hybridized carbons (Fsp3) is 0. The summed E-state index contributed by atoms with van der Waals surface area (Å²) >= 11 is 2.18. The third-order valence-corrected chi connectivity index (χ3v) is 2.54. The lowest BCUT2D eigenvalue weighted by atomic mass is 10.2. The molecule has 2 aromatic rings. The monoisotopic (exact) mass is 331 g/mol. The minimum Gasteiger partial charge on any atom is -0.328 e. The second-order valence-electron chi connectivity index (χ2n) is 2.87. The van der Waals surface area contributed by atoms with Crippen molar-refractivity contribution in [3.8, 4) is 11.4 Å². The fourth-order valence-corrected chi connectivity index (χ4v) is 1.44. The van der Waals surface area contributed by atoms with Crippen molar-refractivity contribution in [3.05, 3.63) is 33.7 Å². The van der Waals surface area contributed by atoms with E-state index in [1.807, 2.05) is 24.3 Å². The van der Waals surface area contributed by atoms with Crippen LogP contribution >= 0.6 is 22.6 Å². The van der Waals surface area contributed by atoms with Crippen LogP contribution in [-0.4, -0.2) is 21.3 Å². The number of nitrogens with one attached hydrogen (secondary N) is 1. The molecule has 0 fully saturated rings. The largest absolute Gasteiger partial charge is 0.333 e. The van der Waals surface area contributed by atoms with Gasteiger partial charge in [0.25, 0.3) is 0 Å². The van der Waals surface area contributed by atoms with Gasteiger partial charge in [-0.3, -0.25) is 10.0 Å². The summed E-state index contributed by atoms with van der Waals surface area (Å²) in [6.07, 6.45) is 0. The maximum Gasteiger partial charge on any atom is 0.333 e. The molecule has 0 unspecified atom stereocenters. The smallest absolute Gasteiger partial charge is 0.328 e. The number of hydrogen-bond donors (Lipinski definition) is 2. The minimum atomic E-state index is -0.829. The molecule has 0 atom stereocenters. The van der Waals surface area contributed by atoms with Crippen LogP contribution in [0.4, 0.5) is 0 Å². The summed E-state index contributed by atoms with van der Waals surface area (Å²) in [6, 6.07) is 7.40. The zero-order valence-electron chi connectivity index (χ0n) is 7.85. The maximum atomic E-state index is 11.0. The number of halogens is 1. The van der Waals surface area contributed by atoms with Crippen LogP contribution in [0.5, 0.6) is 0 Å². The van der Waals surface area contributed by atoms with Crippen molar-refractivity contribution >= 4 is 28.5 Å². The van der Waals surface area contributed by atoms with Crippen LogP contribution in [-0.2, 0) is 0 Å². The van der Waals surface area contributed by atoms with E-state index in [4.69, 9.17) is 5.21 Å². The summed E-state index contributed by atoms with van der Waals surface area (Å²) < 4.78 is 5.75. The third-order valence-electron chi connectivity index (χ3n) is 1.82. The zero-order valence-corrected chi connectivity index (χ0v) is 10.0. The first kappa shape index (κ1) is 11.0. The molecule has 2 N–H and O–H groups in total. The molecule has 0 radical (unpaired) electrons. The van der Waals surface area contributed by atoms with Gasteiger partial charge in [0.05, 0.1) is 0 Å². The molecular weight excluding hydrogens is 325 g/mol. The number of benzene rings is 1. The predicted molar refractivity (Wildman–Crippen MR) is 61.7 cm³/mol. The molecule has 1 heterocycles. The maximum absolute atomic E-state index is 11.0. The highest BCUT2D eigenvalue weighted by atomic mass is 127. The molecule has 7 heteroatoms. The second kappa shape index (κ2) is 4.58. The van der Waals surface area contributed by atoms with Crippen molar-refractivity contribution < 1.29 is 14.5 Å². The summed E-state index contributed by atoms with van der Waals surface area (Å²) in [5.74, 6) is -0.810. The number of carbonyl (C=O) groups is 1. The van der Waals surface area contributed by atoms with Crippen molar-refractivity contribution in [2.24, 2.45) is 0 Å². The van der Waals surface area contributed by atoms with Gasteiger partial charge in [0, 0.05) is 9.13 Å². The first-order chi connectivity index (χ1) is 7.70. The van der Waals surface area contributed by atoms with E-state index in [1.54, 1.807) is 0 Å². The Hall–Kier alpha value is -1.48. The Morgan fingerprint density at radius 3 is 2.69 bits per heavy atom. The van der Waals surface area contributed by atoms with Gasteiger partial charge in [-0.2, -0.15) is 4.98 Å². The molecule has 0 aliphatic rings. The Kier molecular flexibility index (Phi) is 3.15. The molecule has 0 spiro atoms. The molecule has 2 rings (SSSR count). The van der Waals surface area contributed by atoms with Crippen LogP contribution in [0.1, 0.15) is 10.7 Å². The molecule has 16 heavy (non-hydrogen) atoms. The van der Waals surface area contributed by atoms with E-state index < -0.39 is 5.91 Å². The Balaban J connectivity index is 2.31. The first-order valence-corrected chi connectivity index (χ1v) is 5.32. The van der Waals surface area contributed by atoms with Crippen LogP contribution in [0.3, 0.4) is 0 Å². The van der Waals surface area contributed by atoms with Gasteiger partial charge in [0.2, 0.25) is 5.82 Å². The van der Waals surface area contributed by atoms with Crippen molar-refractivity contribution in [3.63, 3.8) is 0 Å². The Bertz CT molecular complexity index is 509. The quantitative estimate of drug-likeness (QED) is 0.494. The number of hydrogen-bond acceptors (Lipinski definition) is 5. The minimum absolute atomic E-state index is 0.281. The summed E-state index contributed by atoms with van der Waals surface area (Å²) in [7, 11) is 0. The predicted octanol–water partition coefficient (Wildman–Crippen LogP) is 1.46. The Morgan fingerprint density at radius 1 is 1.38 bits per heavy atom. The number of amides is 1. The van der Waals surface area contributed by atoms with Crippen LogP contribution < -0.4 is 5.48 Å². The van der Waals surface area contributed by atoms with Crippen LogP contribution in [0.2, 0.25) is 0 Å². The average Bonchev–Trinajstić information content (AvgIpc) is 2.78. The third kappa shape index (κ3) is 2.19. The van der Waals surface area contributed by atoms with Gasteiger partial charge in [-0.15, -0.1) is 0 Å². The van der Waals surface area contributed by atoms with Gasteiger partial charge in [0.1, 0.15) is 0 Å². The van der Waals surface area contributed by atoms with E-state index >= 15 is 0 Å². The highest BCUT2D eigenvalue weighted by Gasteiger charge is 2.14. The number of nitrogens with zero attached hydrogens (tertiary/aromatic N) is 2. The fourth-order valence-electron chi connectivity index (χ4n) is 1.08. The molecule has 1 aromatic carbocycles. The van der Waals surface area contributed by atoms with Gasteiger partial charge < -0.3 is 4.52 Å². The molecule has 82 valence electrons. The summed E-state index contributed by atoms with van der Waals surface area (Å²) in [4.78, 5) is 14.8. The summed E-state index contributed by atoms with van der Waals surface area (Å²) in [5.41, 5.74) is 2.16. The van der Waals surface area contributed by atoms with E-state index in [1.165, 1.54) is 5.48 Å². The highest BCUT2D eigenvalue weighted by molar-refractivity contribution is 14.1. The van der Waals surface area contributed by atoms with E-state index in [-0.39, 0.29) is 5.89 Å². The number of carbonyl (C=O) groups excluding carboxylic acids is 1. The van der Waals surface area contributed by atoms with Crippen molar-refractivity contribution in [2.45, 2.75) is 0 Å². The lowest BCUT2D eigenvalue weighted by Gasteiger charge is -1.93. The molecule has 1 amide bonds. The lowest BCUT2D eigenvalue weighted by Crippen LogP contribution is -2.18. The molecule has 0 aliphatic heterocycles. The van der Waals surface area contributed by atoms with E-state index in [0.717, 1.165) is 9.13 Å². The lowest BCUT2D eigenvalue weighted by molar-refractivity contribution is 0.0659. The number of aromatic nitrogens is 2. The summed E-state index contributed by atoms with van der Waals surface area (Å²) in [6.45, 7) is 0. The first-order valence-electron chi connectivity index (χ1n) is 4.25. The topological polar surface area (TPSA) is 88.2 Å². The molecule has 0 bridgehead atoms. The van der Waals surface area contributed by atoms with Crippen molar-refractivity contribution in [1.82, 2.24) is 15.6 Å². The van der Waals surface area contributed by atoms with Gasteiger partial charge in [-0.25, -0.2) is 5.48 Å². The molecule has 0 saturated carbocycles. The molecule has 6 nitrogen and oxygen atoms in total.